The molecule has 0 aromatic rings. The Labute approximate surface area is 60.5 Å². The van der Waals surface area contributed by atoms with Gasteiger partial charge in [0.05, 0.1) is 11.9 Å². The van der Waals surface area contributed by atoms with Crippen molar-refractivity contribution in [3.63, 3.8) is 0 Å². The highest BCUT2D eigenvalue weighted by Crippen LogP contribution is 2.01. The third-order valence-electron chi connectivity index (χ3n) is 1.18. The zero-order valence-corrected chi connectivity index (χ0v) is 6.26. The van der Waals surface area contributed by atoms with E-state index in [-0.39, 0.29) is 0 Å². The number of amidine groups is 1. The number of allylic oxidation sites excluding steroid dienone is 1. The van der Waals surface area contributed by atoms with Gasteiger partial charge in [0.2, 0.25) is 0 Å². The van der Waals surface area contributed by atoms with Gasteiger partial charge in [0.1, 0.15) is 0 Å². The standard InChI is InChI=1S/C7H11N3/c1-5(2)7-8-4-6(3)9-10-7/h4-5,9H,3H2,1-2H3. The monoisotopic (exact) mass is 137 g/mol. The number of hydrogen-bond acceptors (Lipinski definition) is 3. The number of rotatable bonds is 1. The quantitative estimate of drug-likeness (QED) is 0.578. The van der Waals surface area contributed by atoms with Crippen LogP contribution in [0, 0.1) is 5.92 Å². The second-order valence-electron chi connectivity index (χ2n) is 2.52. The lowest BCUT2D eigenvalue weighted by Gasteiger charge is -2.09. The Morgan fingerprint density at radius 2 is 2.30 bits per heavy atom. The average Bonchev–Trinajstić information content (AvgIpc) is 1.88. The van der Waals surface area contributed by atoms with E-state index in [1.165, 1.54) is 0 Å². The molecule has 10 heavy (non-hydrogen) atoms. The summed E-state index contributed by atoms with van der Waals surface area (Å²) in [7, 11) is 0. The lowest BCUT2D eigenvalue weighted by atomic mass is 10.2. The van der Waals surface area contributed by atoms with Crippen LogP contribution in [-0.2, 0) is 0 Å². The maximum atomic E-state index is 4.07. The minimum absolute atomic E-state index is 0.372. The molecule has 0 unspecified atom stereocenters. The minimum Gasteiger partial charge on any atom is -0.276 e. The van der Waals surface area contributed by atoms with E-state index < -0.39 is 0 Å². The predicted molar refractivity (Wildman–Crippen MR) is 43.0 cm³/mol. The van der Waals surface area contributed by atoms with E-state index in [4.69, 9.17) is 0 Å². The SMILES string of the molecule is C=C1C=NC(C(C)C)=NN1. The normalized spacial score (nSPS) is 17.1. The summed E-state index contributed by atoms with van der Waals surface area (Å²) in [5.41, 5.74) is 3.50. The van der Waals surface area contributed by atoms with Crippen LogP contribution in [0.15, 0.2) is 22.4 Å². The van der Waals surface area contributed by atoms with E-state index in [0.29, 0.717) is 5.92 Å². The highest BCUT2D eigenvalue weighted by atomic mass is 15.3. The fourth-order valence-electron chi connectivity index (χ4n) is 0.609. The van der Waals surface area contributed by atoms with Crippen LogP contribution in [-0.4, -0.2) is 12.1 Å². The van der Waals surface area contributed by atoms with Crippen LogP contribution in [0.5, 0.6) is 0 Å². The van der Waals surface area contributed by atoms with Crippen LogP contribution in [0.2, 0.25) is 0 Å². The van der Waals surface area contributed by atoms with E-state index in [0.717, 1.165) is 11.5 Å². The van der Waals surface area contributed by atoms with Gasteiger partial charge in [-0.1, -0.05) is 20.4 Å². The first-order chi connectivity index (χ1) is 4.70. The van der Waals surface area contributed by atoms with E-state index in [1.807, 2.05) is 13.8 Å². The fourth-order valence-corrected chi connectivity index (χ4v) is 0.609. The van der Waals surface area contributed by atoms with Gasteiger partial charge < -0.3 is 0 Å². The van der Waals surface area contributed by atoms with Gasteiger partial charge in [0.15, 0.2) is 5.84 Å². The molecule has 0 spiro atoms. The molecular formula is C7H11N3. The molecule has 0 aromatic heterocycles. The third-order valence-corrected chi connectivity index (χ3v) is 1.18. The first kappa shape index (κ1) is 6.99. The van der Waals surface area contributed by atoms with Gasteiger partial charge in [0.25, 0.3) is 0 Å². The van der Waals surface area contributed by atoms with Crippen molar-refractivity contribution in [2.45, 2.75) is 13.8 Å². The summed E-state index contributed by atoms with van der Waals surface area (Å²) in [5.74, 6) is 1.20. The molecule has 1 heterocycles. The Morgan fingerprint density at radius 3 is 2.70 bits per heavy atom. The van der Waals surface area contributed by atoms with Gasteiger partial charge in [-0.25, -0.2) is 4.99 Å². The lowest BCUT2D eigenvalue weighted by molar-refractivity contribution is 0.821. The third kappa shape index (κ3) is 1.43. The molecule has 0 aromatic carbocycles. The summed E-state index contributed by atoms with van der Waals surface area (Å²) >= 11 is 0. The maximum Gasteiger partial charge on any atom is 0.151 e. The lowest BCUT2D eigenvalue weighted by Crippen LogP contribution is -2.18. The van der Waals surface area contributed by atoms with E-state index >= 15 is 0 Å². The van der Waals surface area contributed by atoms with Crippen molar-refractivity contribution in [1.82, 2.24) is 5.43 Å². The topological polar surface area (TPSA) is 36.8 Å². The average molecular weight is 137 g/mol. The Morgan fingerprint density at radius 1 is 1.60 bits per heavy atom. The summed E-state index contributed by atoms with van der Waals surface area (Å²) in [6.07, 6.45) is 1.68. The van der Waals surface area contributed by atoms with Crippen molar-refractivity contribution in [3.05, 3.63) is 12.3 Å². The van der Waals surface area contributed by atoms with E-state index in [2.05, 4.69) is 22.1 Å². The zero-order valence-electron chi connectivity index (χ0n) is 6.26. The zero-order chi connectivity index (χ0) is 7.56. The number of hydrazone groups is 1. The number of nitrogens with one attached hydrogen (secondary N) is 1. The molecular weight excluding hydrogens is 126 g/mol. The Bertz CT molecular complexity index is 201. The van der Waals surface area contributed by atoms with Crippen LogP contribution < -0.4 is 5.43 Å². The Hall–Kier alpha value is -1.12. The van der Waals surface area contributed by atoms with Gasteiger partial charge in [-0.15, -0.1) is 0 Å². The van der Waals surface area contributed by atoms with Crippen molar-refractivity contribution in [2.24, 2.45) is 16.0 Å². The Balaban J connectivity index is 2.67. The molecule has 3 heteroatoms. The van der Waals surface area contributed by atoms with Crippen LogP contribution in [0.25, 0.3) is 0 Å². The molecule has 1 rings (SSSR count). The number of hydrogen-bond donors (Lipinski definition) is 1. The molecule has 0 saturated carbocycles. The molecule has 1 aliphatic rings. The van der Waals surface area contributed by atoms with Crippen molar-refractivity contribution in [2.75, 3.05) is 0 Å². The van der Waals surface area contributed by atoms with Crippen molar-refractivity contribution in [3.8, 4) is 0 Å². The van der Waals surface area contributed by atoms with Crippen molar-refractivity contribution in [1.29, 1.82) is 0 Å². The summed E-state index contributed by atoms with van der Waals surface area (Å²) < 4.78 is 0. The van der Waals surface area contributed by atoms with Gasteiger partial charge >= 0.3 is 0 Å². The second kappa shape index (κ2) is 2.64. The minimum atomic E-state index is 0.372. The van der Waals surface area contributed by atoms with Crippen LogP contribution in [0.3, 0.4) is 0 Å². The van der Waals surface area contributed by atoms with E-state index in [1.54, 1.807) is 6.21 Å². The summed E-state index contributed by atoms with van der Waals surface area (Å²) in [6, 6.07) is 0. The number of aliphatic imine (C=N–C) groups is 1. The van der Waals surface area contributed by atoms with Crippen LogP contribution in [0.1, 0.15) is 13.8 Å². The highest BCUT2D eigenvalue weighted by molar-refractivity contribution is 5.96. The molecule has 0 bridgehead atoms. The second-order valence-corrected chi connectivity index (χ2v) is 2.52. The molecule has 0 atom stereocenters. The molecule has 1 aliphatic heterocycles. The Kier molecular flexibility index (Phi) is 1.85. The molecule has 1 N–H and O–H groups in total. The predicted octanol–water partition coefficient (Wildman–Crippen LogP) is 1.14. The molecule has 54 valence electrons. The molecule has 0 radical (unpaired) electrons. The first-order valence-electron chi connectivity index (χ1n) is 3.26. The molecule has 0 fully saturated rings. The summed E-state index contributed by atoms with van der Waals surface area (Å²) in [4.78, 5) is 4.07. The largest absolute Gasteiger partial charge is 0.276 e. The first-order valence-corrected chi connectivity index (χ1v) is 3.26. The molecule has 3 nitrogen and oxygen atoms in total. The van der Waals surface area contributed by atoms with Crippen molar-refractivity contribution >= 4 is 12.1 Å². The summed E-state index contributed by atoms with van der Waals surface area (Å²) in [5, 5.41) is 3.98. The van der Waals surface area contributed by atoms with Gasteiger partial charge in [-0.2, -0.15) is 5.10 Å². The fraction of sp³-hybridized carbons (Fsp3) is 0.429. The van der Waals surface area contributed by atoms with Gasteiger partial charge in [-0.05, 0) is 0 Å². The van der Waals surface area contributed by atoms with Crippen LogP contribution >= 0.6 is 0 Å². The molecule has 0 aliphatic carbocycles. The van der Waals surface area contributed by atoms with Crippen molar-refractivity contribution < 1.29 is 0 Å². The highest BCUT2D eigenvalue weighted by Gasteiger charge is 2.05. The summed E-state index contributed by atoms with van der Waals surface area (Å²) in [6.45, 7) is 7.74. The van der Waals surface area contributed by atoms with E-state index in [9.17, 15) is 0 Å². The molecule has 0 amide bonds. The van der Waals surface area contributed by atoms with Gasteiger partial charge in [0, 0.05) is 5.92 Å². The number of nitrogens with zero attached hydrogens (tertiary/aromatic N) is 2. The van der Waals surface area contributed by atoms with Gasteiger partial charge in [-0.3, -0.25) is 5.43 Å². The maximum absolute atomic E-state index is 4.07. The smallest absolute Gasteiger partial charge is 0.151 e. The molecule has 0 saturated heterocycles. The van der Waals surface area contributed by atoms with Crippen LogP contribution in [0.4, 0.5) is 0 Å².